The minimum Gasteiger partial charge on any atom is -0.496 e. The van der Waals surface area contributed by atoms with Crippen LogP contribution in [0.4, 0.5) is 4.79 Å². The molecule has 3 atom stereocenters. The molecule has 2 amide bonds. The van der Waals surface area contributed by atoms with E-state index < -0.39 is 35.7 Å². The number of nitrogens with zero attached hydrogens (tertiary/aromatic N) is 1. The Morgan fingerprint density at radius 2 is 1.79 bits per heavy atom. The van der Waals surface area contributed by atoms with E-state index >= 15 is 0 Å². The van der Waals surface area contributed by atoms with Crippen molar-refractivity contribution in [1.29, 1.82) is 0 Å². The van der Waals surface area contributed by atoms with E-state index in [0.29, 0.717) is 23.5 Å². The number of carbonyl (C=O) groups excluding carboxylic acids is 3. The van der Waals surface area contributed by atoms with Gasteiger partial charge in [0.05, 0.1) is 14.2 Å². The summed E-state index contributed by atoms with van der Waals surface area (Å²) in [4.78, 5) is 40.8. The minimum atomic E-state index is -1.03. The van der Waals surface area contributed by atoms with Crippen LogP contribution in [0.15, 0.2) is 28.9 Å². The van der Waals surface area contributed by atoms with Gasteiger partial charge in [0.25, 0.3) is 0 Å². The Kier molecular flexibility index (Phi) is 13.7. The van der Waals surface area contributed by atoms with E-state index in [4.69, 9.17) is 18.9 Å². The Bertz CT molecular complexity index is 1000. The average Bonchev–Trinajstić information content (AvgIpc) is 2.87. The number of halogens is 1. The number of hydrogen-bond acceptors (Lipinski definition) is 7. The van der Waals surface area contributed by atoms with Crippen molar-refractivity contribution in [1.82, 2.24) is 10.2 Å². The van der Waals surface area contributed by atoms with Crippen LogP contribution in [0.3, 0.4) is 0 Å². The van der Waals surface area contributed by atoms with E-state index in [-0.39, 0.29) is 18.9 Å². The summed E-state index contributed by atoms with van der Waals surface area (Å²) in [7, 11) is 4.58. The van der Waals surface area contributed by atoms with Gasteiger partial charge in [-0.05, 0) is 48.5 Å². The van der Waals surface area contributed by atoms with Crippen LogP contribution in [0, 0.1) is 5.92 Å². The summed E-state index contributed by atoms with van der Waals surface area (Å²) in [5, 5.41) is 2.82. The van der Waals surface area contributed by atoms with Crippen molar-refractivity contribution < 1.29 is 33.3 Å². The van der Waals surface area contributed by atoms with Gasteiger partial charge in [-0.1, -0.05) is 55.5 Å². The van der Waals surface area contributed by atoms with Crippen molar-refractivity contribution in [3.63, 3.8) is 0 Å². The van der Waals surface area contributed by atoms with Crippen LogP contribution in [0.2, 0.25) is 0 Å². The maximum absolute atomic E-state index is 13.7. The Morgan fingerprint density at radius 3 is 2.29 bits per heavy atom. The number of esters is 1. The molecule has 0 heterocycles. The second kappa shape index (κ2) is 15.6. The molecule has 0 bridgehead atoms. The van der Waals surface area contributed by atoms with E-state index in [9.17, 15) is 14.4 Å². The van der Waals surface area contributed by atoms with Gasteiger partial charge in [0.15, 0.2) is 0 Å². The van der Waals surface area contributed by atoms with Gasteiger partial charge >= 0.3 is 12.1 Å². The lowest BCUT2D eigenvalue weighted by atomic mass is 9.97. The number of methoxy groups -OCH3 is 2. The second-order valence-electron chi connectivity index (χ2n) is 9.80. The summed E-state index contributed by atoms with van der Waals surface area (Å²) in [5.41, 5.74) is 0.681. The first-order chi connectivity index (χ1) is 17.8. The molecule has 212 valence electrons. The Balaban J connectivity index is 3.52. The molecule has 1 rings (SSSR count). The number of rotatable bonds is 13. The standard InChI is InChI=1S/C28H41IN2O7/c1-10-14-37-26(33)24(18(3)11-2)30-25(32)21(31(7)27(34)38-28(4,5)6)16-20-15-19(12-13-29)22(35-8)17-23(20)36-9/h10,12-13,15,17-18,21,24H,1,11,14,16H2,2-9H3,(H,30,32)/b13-12-/t18-,21-,24-/m0/s1. The first-order valence-corrected chi connectivity index (χ1v) is 13.6. The van der Waals surface area contributed by atoms with E-state index in [2.05, 4.69) is 34.5 Å². The third kappa shape index (κ3) is 9.85. The summed E-state index contributed by atoms with van der Waals surface area (Å²) in [5.74, 6) is -0.209. The first kappa shape index (κ1) is 33.3. The van der Waals surface area contributed by atoms with E-state index in [1.807, 2.05) is 30.1 Å². The molecule has 9 nitrogen and oxygen atoms in total. The molecule has 0 aromatic heterocycles. The van der Waals surface area contributed by atoms with E-state index in [1.165, 1.54) is 25.1 Å². The van der Waals surface area contributed by atoms with Gasteiger partial charge in [-0.25, -0.2) is 9.59 Å². The molecule has 1 aromatic carbocycles. The second-order valence-corrected chi connectivity index (χ2v) is 10.5. The maximum Gasteiger partial charge on any atom is 0.410 e. The molecule has 1 aromatic rings. The van der Waals surface area contributed by atoms with Gasteiger partial charge in [0.2, 0.25) is 5.91 Å². The van der Waals surface area contributed by atoms with Gasteiger partial charge in [0.1, 0.15) is 35.8 Å². The largest absolute Gasteiger partial charge is 0.496 e. The zero-order valence-electron chi connectivity index (χ0n) is 23.6. The molecular formula is C28H41IN2O7. The number of likely N-dealkylation sites (N-methyl/N-ethyl adjacent to an activating group) is 1. The quantitative estimate of drug-likeness (QED) is 0.180. The summed E-state index contributed by atoms with van der Waals surface area (Å²) < 4.78 is 23.7. The molecule has 1 N–H and O–H groups in total. The maximum atomic E-state index is 13.7. The van der Waals surface area contributed by atoms with Crippen LogP contribution in [-0.4, -0.2) is 68.4 Å². The number of amides is 2. The van der Waals surface area contributed by atoms with Crippen molar-refractivity contribution in [2.75, 3.05) is 27.9 Å². The third-order valence-corrected chi connectivity index (χ3v) is 6.21. The highest BCUT2D eigenvalue weighted by Crippen LogP contribution is 2.32. The van der Waals surface area contributed by atoms with Crippen LogP contribution in [-0.2, 0) is 25.5 Å². The molecule has 0 aliphatic carbocycles. The Hall–Kier alpha value is -2.76. The highest BCUT2D eigenvalue weighted by molar-refractivity contribution is 14.1. The topological polar surface area (TPSA) is 103 Å². The summed E-state index contributed by atoms with van der Waals surface area (Å²) in [6, 6.07) is 1.65. The lowest BCUT2D eigenvalue weighted by Crippen LogP contribution is -2.55. The number of carbonyl (C=O) groups is 3. The normalized spacial score (nSPS) is 13.7. The Labute approximate surface area is 240 Å². The number of ether oxygens (including phenoxy) is 4. The summed E-state index contributed by atoms with van der Waals surface area (Å²) in [6.45, 7) is 12.6. The average molecular weight is 645 g/mol. The number of hydrogen-bond donors (Lipinski definition) is 1. The SMILES string of the molecule is C=CCOC(=O)[C@@H](NC(=O)[C@H](Cc1cc(/C=C\I)c(OC)cc1OC)N(C)C(=O)OC(C)(C)C)[C@@H](C)CC. The van der Waals surface area contributed by atoms with Gasteiger partial charge in [-0.3, -0.25) is 9.69 Å². The zero-order valence-corrected chi connectivity index (χ0v) is 25.8. The van der Waals surface area contributed by atoms with Crippen molar-refractivity contribution in [2.45, 2.75) is 65.1 Å². The fourth-order valence-electron chi connectivity index (χ4n) is 3.57. The minimum absolute atomic E-state index is 0.0268. The molecule has 0 fully saturated rings. The van der Waals surface area contributed by atoms with Crippen molar-refractivity contribution in [3.8, 4) is 11.5 Å². The molecular weight excluding hydrogens is 603 g/mol. The molecule has 10 heteroatoms. The first-order valence-electron chi connectivity index (χ1n) is 12.4. The smallest absolute Gasteiger partial charge is 0.410 e. The highest BCUT2D eigenvalue weighted by atomic mass is 127. The van der Waals surface area contributed by atoms with Gasteiger partial charge in [-0.2, -0.15) is 0 Å². The van der Waals surface area contributed by atoms with Crippen LogP contribution in [0.25, 0.3) is 6.08 Å². The molecule has 0 unspecified atom stereocenters. The molecule has 0 radical (unpaired) electrons. The molecule has 38 heavy (non-hydrogen) atoms. The predicted octanol–water partition coefficient (Wildman–Crippen LogP) is 5.15. The fraction of sp³-hybridized carbons (Fsp3) is 0.536. The van der Waals surface area contributed by atoms with Crippen molar-refractivity contribution in [2.24, 2.45) is 5.92 Å². The van der Waals surface area contributed by atoms with Crippen LogP contribution < -0.4 is 14.8 Å². The Morgan fingerprint density at radius 1 is 1.16 bits per heavy atom. The van der Waals surface area contributed by atoms with Gasteiger partial charge in [-0.15, -0.1) is 0 Å². The van der Waals surface area contributed by atoms with Crippen LogP contribution in [0.1, 0.15) is 52.2 Å². The highest BCUT2D eigenvalue weighted by Gasteiger charge is 2.35. The molecule has 0 spiro atoms. The molecule has 0 saturated carbocycles. The summed E-state index contributed by atoms with van der Waals surface area (Å²) in [6.07, 6.45) is 3.37. The number of benzene rings is 1. The van der Waals surface area contributed by atoms with Gasteiger partial charge in [0, 0.05) is 25.1 Å². The van der Waals surface area contributed by atoms with Crippen molar-refractivity contribution in [3.05, 3.63) is 40.0 Å². The summed E-state index contributed by atoms with van der Waals surface area (Å²) >= 11 is 2.11. The van der Waals surface area contributed by atoms with E-state index in [0.717, 1.165) is 5.56 Å². The van der Waals surface area contributed by atoms with Crippen LogP contribution in [0.5, 0.6) is 11.5 Å². The molecule has 0 aliphatic heterocycles. The predicted molar refractivity (Wildman–Crippen MR) is 157 cm³/mol. The lowest BCUT2D eigenvalue weighted by molar-refractivity contribution is -0.148. The monoisotopic (exact) mass is 644 g/mol. The number of nitrogens with one attached hydrogen (secondary N) is 1. The van der Waals surface area contributed by atoms with E-state index in [1.54, 1.807) is 33.9 Å². The molecule has 0 saturated heterocycles. The van der Waals surface area contributed by atoms with Crippen LogP contribution >= 0.6 is 22.6 Å². The van der Waals surface area contributed by atoms with Gasteiger partial charge < -0.3 is 24.3 Å². The fourth-order valence-corrected chi connectivity index (χ4v) is 3.96. The zero-order chi connectivity index (χ0) is 29.0. The third-order valence-electron chi connectivity index (χ3n) is 5.85. The lowest BCUT2D eigenvalue weighted by Gasteiger charge is -2.32. The molecule has 0 aliphatic rings. The van der Waals surface area contributed by atoms with Crippen molar-refractivity contribution >= 4 is 46.6 Å².